The van der Waals surface area contributed by atoms with Crippen molar-refractivity contribution in [2.45, 2.75) is 6.92 Å². The summed E-state index contributed by atoms with van der Waals surface area (Å²) in [4.78, 5) is 35.7. The van der Waals surface area contributed by atoms with Gasteiger partial charge in [0.2, 0.25) is 0 Å². The summed E-state index contributed by atoms with van der Waals surface area (Å²) < 4.78 is 18.3. The molecule has 0 saturated carbocycles. The number of carbonyl (C=O) groups is 3. The third-order valence-electron chi connectivity index (χ3n) is 4.36. The molecule has 3 aromatic rings. The van der Waals surface area contributed by atoms with E-state index in [4.69, 9.17) is 4.74 Å². The number of nitrogens with zero attached hydrogens (tertiary/aromatic N) is 1. The van der Waals surface area contributed by atoms with E-state index in [1.807, 2.05) is 19.1 Å². The lowest BCUT2D eigenvalue weighted by Crippen LogP contribution is -2.32. The lowest BCUT2D eigenvalue weighted by atomic mass is 10.2. The van der Waals surface area contributed by atoms with E-state index in [0.717, 1.165) is 5.56 Å². The quantitative estimate of drug-likeness (QED) is 0.293. The maximum absolute atomic E-state index is 12.9. The SMILES string of the molecule is Cc1ccccc1NC(=O)C(=O)N/N=C\c1ccc(OCC(=O)Nc2ccc(F)cc2)cc1. The van der Waals surface area contributed by atoms with Crippen LogP contribution in [0.1, 0.15) is 11.1 Å². The van der Waals surface area contributed by atoms with Crippen LogP contribution in [0.4, 0.5) is 15.8 Å². The molecule has 0 aliphatic carbocycles. The average molecular weight is 448 g/mol. The minimum Gasteiger partial charge on any atom is -0.484 e. The molecule has 33 heavy (non-hydrogen) atoms. The first kappa shape index (κ1) is 23.1. The summed E-state index contributed by atoms with van der Waals surface area (Å²) in [7, 11) is 0. The van der Waals surface area contributed by atoms with Crippen LogP contribution in [0.25, 0.3) is 0 Å². The van der Waals surface area contributed by atoms with E-state index in [-0.39, 0.29) is 12.5 Å². The molecule has 0 heterocycles. The second kappa shape index (κ2) is 11.2. The van der Waals surface area contributed by atoms with Crippen LogP contribution in [0.2, 0.25) is 0 Å². The smallest absolute Gasteiger partial charge is 0.329 e. The summed E-state index contributed by atoms with van der Waals surface area (Å²) >= 11 is 0. The number of nitrogens with one attached hydrogen (secondary N) is 3. The van der Waals surface area contributed by atoms with Crippen LogP contribution in [0.3, 0.4) is 0 Å². The highest BCUT2D eigenvalue weighted by molar-refractivity contribution is 6.39. The lowest BCUT2D eigenvalue weighted by Gasteiger charge is -2.08. The zero-order valence-electron chi connectivity index (χ0n) is 17.7. The Hall–Kier alpha value is -4.53. The molecule has 9 heteroatoms. The van der Waals surface area contributed by atoms with E-state index in [0.29, 0.717) is 22.7 Å². The van der Waals surface area contributed by atoms with Gasteiger partial charge in [0.05, 0.1) is 6.21 Å². The highest BCUT2D eigenvalue weighted by atomic mass is 19.1. The van der Waals surface area contributed by atoms with Gasteiger partial charge in [-0.2, -0.15) is 5.10 Å². The van der Waals surface area contributed by atoms with Gasteiger partial charge in [-0.25, -0.2) is 9.82 Å². The first-order valence-corrected chi connectivity index (χ1v) is 9.89. The Balaban J connectivity index is 1.43. The van der Waals surface area contributed by atoms with Gasteiger partial charge in [0, 0.05) is 11.4 Å². The fourth-order valence-electron chi connectivity index (χ4n) is 2.64. The molecule has 0 atom stereocenters. The summed E-state index contributed by atoms with van der Waals surface area (Å²) in [5, 5.41) is 8.87. The second-order valence-corrected chi connectivity index (χ2v) is 6.88. The molecular formula is C24H21FN4O4. The van der Waals surface area contributed by atoms with Crippen LogP contribution >= 0.6 is 0 Å². The van der Waals surface area contributed by atoms with Crippen molar-refractivity contribution in [3.63, 3.8) is 0 Å². The monoisotopic (exact) mass is 448 g/mol. The molecule has 0 bridgehead atoms. The Kier molecular flexibility index (Phi) is 7.85. The molecular weight excluding hydrogens is 427 g/mol. The maximum Gasteiger partial charge on any atom is 0.329 e. The molecule has 3 rings (SSSR count). The first-order chi connectivity index (χ1) is 15.9. The van der Waals surface area contributed by atoms with E-state index < -0.39 is 17.6 Å². The van der Waals surface area contributed by atoms with Crippen LogP contribution in [-0.2, 0) is 14.4 Å². The number of benzene rings is 3. The predicted octanol–water partition coefficient (Wildman–Crippen LogP) is 3.24. The van der Waals surface area contributed by atoms with E-state index in [2.05, 4.69) is 21.2 Å². The van der Waals surface area contributed by atoms with Crippen LogP contribution in [0.15, 0.2) is 77.9 Å². The van der Waals surface area contributed by atoms with Crippen molar-refractivity contribution in [3.8, 4) is 5.75 Å². The van der Waals surface area contributed by atoms with Crippen molar-refractivity contribution in [2.75, 3.05) is 17.2 Å². The highest BCUT2D eigenvalue weighted by Gasteiger charge is 2.13. The molecule has 8 nitrogen and oxygen atoms in total. The molecule has 0 aliphatic rings. The first-order valence-electron chi connectivity index (χ1n) is 9.89. The number of hydrogen-bond acceptors (Lipinski definition) is 5. The van der Waals surface area contributed by atoms with Crippen LogP contribution in [0.5, 0.6) is 5.75 Å². The number of para-hydroxylation sites is 1. The Bertz CT molecular complexity index is 1160. The molecule has 0 unspecified atom stereocenters. The molecule has 0 fully saturated rings. The number of halogens is 1. The summed E-state index contributed by atoms with van der Waals surface area (Å²) in [6.45, 7) is 1.59. The number of aryl methyl sites for hydroxylation is 1. The van der Waals surface area contributed by atoms with Gasteiger partial charge < -0.3 is 15.4 Å². The number of hydrogen-bond donors (Lipinski definition) is 3. The van der Waals surface area contributed by atoms with Gasteiger partial charge in [-0.05, 0) is 72.6 Å². The van der Waals surface area contributed by atoms with Gasteiger partial charge >= 0.3 is 11.8 Å². The second-order valence-electron chi connectivity index (χ2n) is 6.88. The summed E-state index contributed by atoms with van der Waals surface area (Å²) in [6.07, 6.45) is 1.37. The summed E-state index contributed by atoms with van der Waals surface area (Å²) in [6, 6.07) is 19.1. The largest absolute Gasteiger partial charge is 0.484 e. The van der Waals surface area contributed by atoms with Crippen molar-refractivity contribution < 1.29 is 23.5 Å². The van der Waals surface area contributed by atoms with Crippen molar-refractivity contribution in [1.82, 2.24) is 5.43 Å². The molecule has 3 aromatic carbocycles. The fraction of sp³-hybridized carbons (Fsp3) is 0.0833. The van der Waals surface area contributed by atoms with Gasteiger partial charge in [-0.1, -0.05) is 18.2 Å². The van der Waals surface area contributed by atoms with Gasteiger partial charge in [-0.15, -0.1) is 0 Å². The molecule has 3 N–H and O–H groups in total. The van der Waals surface area contributed by atoms with E-state index >= 15 is 0 Å². The van der Waals surface area contributed by atoms with Gasteiger partial charge in [0.25, 0.3) is 5.91 Å². The Labute approximate surface area is 189 Å². The molecule has 0 saturated heterocycles. The van der Waals surface area contributed by atoms with E-state index in [1.54, 1.807) is 36.4 Å². The number of ether oxygens (including phenoxy) is 1. The molecule has 3 amide bonds. The topological polar surface area (TPSA) is 109 Å². The van der Waals surface area contributed by atoms with Gasteiger partial charge in [-0.3, -0.25) is 14.4 Å². The van der Waals surface area contributed by atoms with E-state index in [1.165, 1.54) is 30.5 Å². The Morgan fingerprint density at radius 2 is 1.61 bits per heavy atom. The molecule has 0 aromatic heterocycles. The standard InChI is InChI=1S/C24H21FN4O4/c1-16-4-2-3-5-21(16)28-23(31)24(32)29-26-14-17-6-12-20(13-7-17)33-15-22(30)27-19-10-8-18(25)9-11-19/h2-14H,15H2,1H3,(H,27,30)(H,28,31)(H,29,32)/b26-14-. The molecule has 0 aliphatic heterocycles. The number of carbonyl (C=O) groups excluding carboxylic acids is 3. The number of hydrazone groups is 1. The highest BCUT2D eigenvalue weighted by Crippen LogP contribution is 2.13. The number of rotatable bonds is 7. The van der Waals surface area contributed by atoms with Gasteiger partial charge in [0.1, 0.15) is 11.6 Å². The normalized spacial score (nSPS) is 10.5. The average Bonchev–Trinajstić information content (AvgIpc) is 2.81. The van der Waals surface area contributed by atoms with Gasteiger partial charge in [0.15, 0.2) is 6.61 Å². The Morgan fingerprint density at radius 3 is 2.30 bits per heavy atom. The van der Waals surface area contributed by atoms with E-state index in [9.17, 15) is 18.8 Å². The van der Waals surface area contributed by atoms with Crippen LogP contribution < -0.4 is 20.8 Å². The van der Waals surface area contributed by atoms with Crippen molar-refractivity contribution >= 4 is 35.3 Å². The zero-order chi connectivity index (χ0) is 23.6. The zero-order valence-corrected chi connectivity index (χ0v) is 17.7. The lowest BCUT2D eigenvalue weighted by molar-refractivity contribution is -0.136. The molecule has 0 radical (unpaired) electrons. The van der Waals surface area contributed by atoms with Crippen LogP contribution in [-0.4, -0.2) is 30.5 Å². The minimum absolute atomic E-state index is 0.225. The number of amides is 3. The van der Waals surface area contributed by atoms with Crippen molar-refractivity contribution in [2.24, 2.45) is 5.10 Å². The molecule has 0 spiro atoms. The van der Waals surface area contributed by atoms with Crippen molar-refractivity contribution in [3.05, 3.63) is 89.7 Å². The summed E-state index contributed by atoms with van der Waals surface area (Å²) in [5.41, 5.74) is 4.64. The third-order valence-corrected chi connectivity index (χ3v) is 4.36. The Morgan fingerprint density at radius 1 is 0.909 bits per heavy atom. The molecule has 168 valence electrons. The van der Waals surface area contributed by atoms with Crippen LogP contribution in [0, 0.1) is 12.7 Å². The van der Waals surface area contributed by atoms with Crippen molar-refractivity contribution in [1.29, 1.82) is 0 Å². The third kappa shape index (κ3) is 7.28. The predicted molar refractivity (Wildman–Crippen MR) is 123 cm³/mol. The summed E-state index contributed by atoms with van der Waals surface area (Å²) in [5.74, 6) is -2.06. The fourth-order valence-corrected chi connectivity index (χ4v) is 2.64. The minimum atomic E-state index is -0.901. The number of anilines is 2. The maximum atomic E-state index is 12.9.